The maximum Gasteiger partial charge on any atom is 0.324 e. The lowest BCUT2D eigenvalue weighted by molar-refractivity contribution is -0.152. The zero-order valence-electron chi connectivity index (χ0n) is 12.4. The molecule has 2 unspecified atom stereocenters. The fraction of sp³-hybridized carbons (Fsp3) is 0.933. The van der Waals surface area contributed by atoms with E-state index in [0.29, 0.717) is 11.5 Å². The number of carboxylic acid groups (broad SMARTS) is 1. The molecule has 19 heavy (non-hydrogen) atoms. The number of hydrogen-bond acceptors (Lipinski definition) is 3. The summed E-state index contributed by atoms with van der Waals surface area (Å²) < 4.78 is 0. The Hall–Kier alpha value is -0.220. The number of likely N-dealkylation sites (tertiary alicyclic amines) is 1. The van der Waals surface area contributed by atoms with E-state index in [0.717, 1.165) is 44.4 Å². The molecule has 0 radical (unpaired) electrons. The number of nitrogens with zero attached hydrogens (tertiary/aromatic N) is 1. The van der Waals surface area contributed by atoms with Crippen LogP contribution in [-0.4, -0.2) is 45.6 Å². The summed E-state index contributed by atoms with van der Waals surface area (Å²) in [6, 6.07) is 0.443. The van der Waals surface area contributed by atoms with Crippen LogP contribution in [-0.2, 0) is 4.79 Å². The quantitative estimate of drug-likeness (QED) is 0.861. The minimum absolute atomic E-state index is 0.340. The van der Waals surface area contributed by atoms with Gasteiger partial charge in [-0.25, -0.2) is 0 Å². The van der Waals surface area contributed by atoms with Crippen molar-refractivity contribution in [2.45, 2.75) is 64.5 Å². The average Bonchev–Trinajstić information content (AvgIpc) is 2.73. The van der Waals surface area contributed by atoms with Gasteiger partial charge in [0, 0.05) is 11.8 Å². The fourth-order valence-corrected chi connectivity index (χ4v) is 5.24. The Morgan fingerprint density at radius 2 is 2.21 bits per heavy atom. The van der Waals surface area contributed by atoms with Crippen LogP contribution in [0.15, 0.2) is 0 Å². The molecule has 4 heteroatoms. The van der Waals surface area contributed by atoms with Gasteiger partial charge >= 0.3 is 5.97 Å². The molecule has 0 spiro atoms. The van der Waals surface area contributed by atoms with Crippen molar-refractivity contribution >= 4 is 17.7 Å². The van der Waals surface area contributed by atoms with E-state index in [2.05, 4.69) is 25.7 Å². The Morgan fingerprint density at radius 1 is 1.47 bits per heavy atom. The predicted octanol–water partition coefficient (Wildman–Crippen LogP) is 3.24. The summed E-state index contributed by atoms with van der Waals surface area (Å²) >= 11 is 1.99. The summed E-state index contributed by atoms with van der Waals surface area (Å²) in [5.74, 6) is 1.70. The molecular formula is C15H27NO2S. The van der Waals surface area contributed by atoms with Gasteiger partial charge in [0.25, 0.3) is 0 Å². The van der Waals surface area contributed by atoms with Gasteiger partial charge in [0.2, 0.25) is 0 Å². The Balaban J connectivity index is 2.19. The Bertz CT molecular complexity index is 345. The third kappa shape index (κ3) is 2.94. The molecule has 3 nitrogen and oxygen atoms in total. The van der Waals surface area contributed by atoms with Crippen LogP contribution < -0.4 is 0 Å². The molecule has 0 aromatic carbocycles. The van der Waals surface area contributed by atoms with E-state index in [-0.39, 0.29) is 0 Å². The van der Waals surface area contributed by atoms with Gasteiger partial charge in [0.05, 0.1) is 0 Å². The molecule has 0 aliphatic carbocycles. The van der Waals surface area contributed by atoms with Crippen LogP contribution in [0, 0.1) is 5.41 Å². The Kier molecular flexibility index (Phi) is 4.51. The molecule has 2 aliphatic rings. The smallest absolute Gasteiger partial charge is 0.324 e. The van der Waals surface area contributed by atoms with E-state index < -0.39 is 11.5 Å². The summed E-state index contributed by atoms with van der Waals surface area (Å²) in [7, 11) is 0. The van der Waals surface area contributed by atoms with Crippen molar-refractivity contribution < 1.29 is 9.90 Å². The molecule has 2 aliphatic heterocycles. The normalized spacial score (nSPS) is 35.4. The zero-order valence-corrected chi connectivity index (χ0v) is 13.3. The van der Waals surface area contributed by atoms with Crippen LogP contribution in [0.5, 0.6) is 0 Å². The number of aliphatic carboxylic acids is 1. The first-order valence-corrected chi connectivity index (χ1v) is 8.65. The summed E-state index contributed by atoms with van der Waals surface area (Å²) in [5, 5.41) is 9.78. The summed E-state index contributed by atoms with van der Waals surface area (Å²) in [6.07, 6.45) is 4.75. The van der Waals surface area contributed by atoms with Crippen molar-refractivity contribution in [3.8, 4) is 0 Å². The maximum atomic E-state index is 11.9. The van der Waals surface area contributed by atoms with Crippen molar-refractivity contribution in [1.29, 1.82) is 0 Å². The van der Waals surface area contributed by atoms with Crippen molar-refractivity contribution in [2.75, 3.05) is 18.1 Å². The van der Waals surface area contributed by atoms with Crippen LogP contribution in [0.2, 0.25) is 0 Å². The Labute approximate surface area is 121 Å². The molecule has 0 bridgehead atoms. The highest BCUT2D eigenvalue weighted by Gasteiger charge is 2.50. The number of carbonyl (C=O) groups is 1. The first kappa shape index (κ1) is 15.2. The largest absolute Gasteiger partial charge is 0.480 e. The molecule has 110 valence electrons. The van der Waals surface area contributed by atoms with E-state index in [1.54, 1.807) is 0 Å². The molecule has 2 atom stereocenters. The van der Waals surface area contributed by atoms with Crippen LogP contribution >= 0.6 is 11.8 Å². The fourth-order valence-electron chi connectivity index (χ4n) is 3.88. The van der Waals surface area contributed by atoms with Crippen molar-refractivity contribution in [1.82, 2.24) is 4.90 Å². The van der Waals surface area contributed by atoms with Gasteiger partial charge < -0.3 is 5.11 Å². The number of carboxylic acids is 1. The van der Waals surface area contributed by atoms with Crippen LogP contribution in [0.1, 0.15) is 52.9 Å². The number of rotatable bonds is 4. The third-order valence-corrected chi connectivity index (χ3v) is 6.24. The van der Waals surface area contributed by atoms with E-state index in [4.69, 9.17) is 0 Å². The summed E-state index contributed by atoms with van der Waals surface area (Å²) in [6.45, 7) is 7.68. The first-order chi connectivity index (χ1) is 8.91. The van der Waals surface area contributed by atoms with Crippen molar-refractivity contribution in [3.63, 3.8) is 0 Å². The molecule has 0 aromatic heterocycles. The minimum atomic E-state index is -0.597. The van der Waals surface area contributed by atoms with E-state index in [1.165, 1.54) is 5.75 Å². The topological polar surface area (TPSA) is 40.5 Å². The lowest BCUT2D eigenvalue weighted by Gasteiger charge is -2.45. The average molecular weight is 285 g/mol. The van der Waals surface area contributed by atoms with E-state index in [1.807, 2.05) is 11.8 Å². The first-order valence-electron chi connectivity index (χ1n) is 7.49. The molecular weight excluding hydrogens is 258 g/mol. The van der Waals surface area contributed by atoms with E-state index >= 15 is 0 Å². The van der Waals surface area contributed by atoms with E-state index in [9.17, 15) is 9.90 Å². The third-order valence-electron chi connectivity index (χ3n) is 4.63. The lowest BCUT2D eigenvalue weighted by Crippen LogP contribution is -2.57. The number of hydrogen-bond donors (Lipinski definition) is 1. The molecule has 0 amide bonds. The molecule has 2 fully saturated rings. The van der Waals surface area contributed by atoms with Gasteiger partial charge in [0.1, 0.15) is 5.54 Å². The molecule has 0 aromatic rings. The minimum Gasteiger partial charge on any atom is -0.480 e. The summed E-state index contributed by atoms with van der Waals surface area (Å²) in [4.78, 5) is 14.2. The standard InChI is InChI=1S/C15H27NO2S/c1-4-6-15(13(17)18)7-5-8-16(15)12-9-14(2,3)11-19-10-12/h12H,4-11H2,1-3H3,(H,17,18). The lowest BCUT2D eigenvalue weighted by atomic mass is 9.84. The molecule has 0 saturated carbocycles. The number of thioether (sulfide) groups is 1. The van der Waals surface area contributed by atoms with Gasteiger partial charge in [-0.3, -0.25) is 9.69 Å². The van der Waals surface area contributed by atoms with Gasteiger partial charge in [-0.15, -0.1) is 0 Å². The summed E-state index contributed by atoms with van der Waals surface area (Å²) in [5.41, 5.74) is -0.236. The van der Waals surface area contributed by atoms with Crippen LogP contribution in [0.25, 0.3) is 0 Å². The highest BCUT2D eigenvalue weighted by molar-refractivity contribution is 7.99. The van der Waals surface area contributed by atoms with Gasteiger partial charge in [-0.1, -0.05) is 27.2 Å². The van der Waals surface area contributed by atoms with Gasteiger partial charge in [0.15, 0.2) is 0 Å². The van der Waals surface area contributed by atoms with Gasteiger partial charge in [-0.05, 0) is 43.4 Å². The van der Waals surface area contributed by atoms with Crippen molar-refractivity contribution in [2.24, 2.45) is 5.41 Å². The maximum absolute atomic E-state index is 11.9. The molecule has 2 saturated heterocycles. The molecule has 2 heterocycles. The zero-order chi connectivity index (χ0) is 14.1. The SMILES string of the molecule is CCCC1(C(=O)O)CCCN1C1CSCC(C)(C)C1. The van der Waals surface area contributed by atoms with Crippen LogP contribution in [0.4, 0.5) is 0 Å². The van der Waals surface area contributed by atoms with Gasteiger partial charge in [-0.2, -0.15) is 11.8 Å². The highest BCUT2D eigenvalue weighted by atomic mass is 32.2. The Morgan fingerprint density at radius 3 is 2.79 bits per heavy atom. The highest BCUT2D eigenvalue weighted by Crippen LogP contribution is 2.42. The monoisotopic (exact) mass is 285 g/mol. The molecule has 2 rings (SSSR count). The second-order valence-corrected chi connectivity index (χ2v) is 7.95. The van der Waals surface area contributed by atoms with Crippen molar-refractivity contribution in [3.05, 3.63) is 0 Å². The second-order valence-electron chi connectivity index (χ2n) is 6.92. The predicted molar refractivity (Wildman–Crippen MR) is 80.7 cm³/mol. The van der Waals surface area contributed by atoms with Crippen LogP contribution in [0.3, 0.4) is 0 Å². The molecule has 1 N–H and O–H groups in total. The second kappa shape index (κ2) is 5.65.